The van der Waals surface area contributed by atoms with Crippen LogP contribution < -0.4 is 0 Å². The minimum atomic E-state index is 0.876. The fraction of sp³-hybridized carbons (Fsp3) is 1.00. The summed E-state index contributed by atoms with van der Waals surface area (Å²) in [6.45, 7) is 9.69. The molecule has 1 rings (SSSR count). The molecule has 0 aliphatic carbocycles. The van der Waals surface area contributed by atoms with Crippen molar-refractivity contribution >= 4 is 0 Å². The van der Waals surface area contributed by atoms with Crippen molar-refractivity contribution < 1.29 is 0 Å². The molecule has 72 valence electrons. The van der Waals surface area contributed by atoms with Gasteiger partial charge in [-0.2, -0.15) is 0 Å². The Kier molecular flexibility index (Phi) is 3.57. The number of hydrogen-bond donors (Lipinski definition) is 0. The summed E-state index contributed by atoms with van der Waals surface area (Å²) in [7, 11) is 2.24. The number of hydrogen-bond acceptors (Lipinski definition) is 1. The molecule has 2 unspecified atom stereocenters. The van der Waals surface area contributed by atoms with Crippen LogP contribution in [0.15, 0.2) is 0 Å². The maximum absolute atomic E-state index is 2.46. The molecule has 0 aromatic heterocycles. The van der Waals surface area contributed by atoms with Crippen molar-refractivity contribution in [2.75, 3.05) is 20.1 Å². The third-order valence-electron chi connectivity index (χ3n) is 3.06. The molecule has 0 bridgehead atoms. The van der Waals surface area contributed by atoms with Crippen molar-refractivity contribution in [1.29, 1.82) is 0 Å². The van der Waals surface area contributed by atoms with Crippen molar-refractivity contribution in [2.24, 2.45) is 17.8 Å². The van der Waals surface area contributed by atoms with E-state index >= 15 is 0 Å². The molecule has 0 amide bonds. The van der Waals surface area contributed by atoms with E-state index < -0.39 is 0 Å². The molecule has 2 atom stereocenters. The molecule has 1 saturated heterocycles. The average Bonchev–Trinajstić information content (AvgIpc) is 1.94. The van der Waals surface area contributed by atoms with Gasteiger partial charge in [-0.1, -0.05) is 20.8 Å². The second kappa shape index (κ2) is 4.27. The van der Waals surface area contributed by atoms with Gasteiger partial charge in [-0.15, -0.1) is 0 Å². The Bertz CT molecular complexity index is 131. The molecular formula is C11H23N. The van der Waals surface area contributed by atoms with Gasteiger partial charge in [0.1, 0.15) is 0 Å². The average molecular weight is 169 g/mol. The molecule has 1 heterocycles. The van der Waals surface area contributed by atoms with Crippen molar-refractivity contribution in [3.8, 4) is 0 Å². The summed E-state index contributed by atoms with van der Waals surface area (Å²) in [5.74, 6) is 2.77. The zero-order valence-electron chi connectivity index (χ0n) is 9.01. The second-order valence-corrected chi connectivity index (χ2v) is 4.92. The summed E-state index contributed by atoms with van der Waals surface area (Å²) in [5, 5.41) is 0. The van der Waals surface area contributed by atoms with Gasteiger partial charge in [-0.05, 0) is 44.2 Å². The smallest absolute Gasteiger partial charge is 0.000663 e. The van der Waals surface area contributed by atoms with Gasteiger partial charge in [0, 0.05) is 6.54 Å². The SMILES string of the molecule is CC(C)CC1CCN(C)CC1C. The molecule has 12 heavy (non-hydrogen) atoms. The Morgan fingerprint density at radius 2 is 2.08 bits per heavy atom. The van der Waals surface area contributed by atoms with Crippen LogP contribution >= 0.6 is 0 Å². The van der Waals surface area contributed by atoms with Gasteiger partial charge in [-0.25, -0.2) is 0 Å². The van der Waals surface area contributed by atoms with Crippen LogP contribution in [-0.2, 0) is 0 Å². The van der Waals surface area contributed by atoms with E-state index in [9.17, 15) is 0 Å². The maximum atomic E-state index is 2.46. The molecule has 0 spiro atoms. The first kappa shape index (κ1) is 10.0. The van der Waals surface area contributed by atoms with Crippen molar-refractivity contribution in [1.82, 2.24) is 4.90 Å². The number of nitrogens with zero attached hydrogens (tertiary/aromatic N) is 1. The quantitative estimate of drug-likeness (QED) is 0.614. The largest absolute Gasteiger partial charge is 0.306 e. The number of rotatable bonds is 2. The molecule has 0 N–H and O–H groups in total. The molecule has 1 heteroatoms. The van der Waals surface area contributed by atoms with Gasteiger partial charge in [0.25, 0.3) is 0 Å². The van der Waals surface area contributed by atoms with Crippen LogP contribution in [0.5, 0.6) is 0 Å². The van der Waals surface area contributed by atoms with Crippen molar-refractivity contribution in [3.63, 3.8) is 0 Å². The van der Waals surface area contributed by atoms with Gasteiger partial charge in [0.2, 0.25) is 0 Å². The first-order chi connectivity index (χ1) is 5.59. The molecule has 0 aromatic carbocycles. The van der Waals surface area contributed by atoms with Crippen LogP contribution in [0.25, 0.3) is 0 Å². The van der Waals surface area contributed by atoms with Crippen LogP contribution in [0, 0.1) is 17.8 Å². The first-order valence-corrected chi connectivity index (χ1v) is 5.28. The lowest BCUT2D eigenvalue weighted by atomic mass is 9.81. The molecule has 0 aromatic rings. The summed E-state index contributed by atoms with van der Waals surface area (Å²) in [4.78, 5) is 2.46. The van der Waals surface area contributed by atoms with Crippen LogP contribution in [-0.4, -0.2) is 25.0 Å². The van der Waals surface area contributed by atoms with E-state index in [1.165, 1.54) is 25.9 Å². The topological polar surface area (TPSA) is 3.24 Å². The maximum Gasteiger partial charge on any atom is 0.000663 e. The Morgan fingerprint density at radius 3 is 2.58 bits per heavy atom. The molecule has 1 aliphatic rings. The van der Waals surface area contributed by atoms with Crippen LogP contribution in [0.1, 0.15) is 33.6 Å². The summed E-state index contributed by atoms with van der Waals surface area (Å²) in [6.07, 6.45) is 2.84. The van der Waals surface area contributed by atoms with Gasteiger partial charge >= 0.3 is 0 Å². The highest BCUT2D eigenvalue weighted by atomic mass is 15.1. The minimum absolute atomic E-state index is 0.876. The highest BCUT2D eigenvalue weighted by Crippen LogP contribution is 2.27. The van der Waals surface area contributed by atoms with E-state index in [0.29, 0.717) is 0 Å². The van der Waals surface area contributed by atoms with Gasteiger partial charge in [-0.3, -0.25) is 0 Å². The monoisotopic (exact) mass is 169 g/mol. The van der Waals surface area contributed by atoms with Crippen LogP contribution in [0.4, 0.5) is 0 Å². The molecular weight excluding hydrogens is 146 g/mol. The Morgan fingerprint density at radius 1 is 1.42 bits per heavy atom. The lowest BCUT2D eigenvalue weighted by molar-refractivity contribution is 0.138. The molecule has 1 aliphatic heterocycles. The zero-order chi connectivity index (χ0) is 9.14. The van der Waals surface area contributed by atoms with Crippen LogP contribution in [0.3, 0.4) is 0 Å². The Balaban J connectivity index is 2.34. The van der Waals surface area contributed by atoms with Gasteiger partial charge in [0.15, 0.2) is 0 Å². The standard InChI is InChI=1S/C11H23N/c1-9(2)7-11-5-6-12(4)8-10(11)3/h9-11H,5-8H2,1-4H3. The molecule has 0 saturated carbocycles. The van der Waals surface area contributed by atoms with E-state index in [-0.39, 0.29) is 0 Å². The van der Waals surface area contributed by atoms with Gasteiger partial charge in [0.05, 0.1) is 0 Å². The zero-order valence-corrected chi connectivity index (χ0v) is 9.01. The Labute approximate surface area is 77.1 Å². The minimum Gasteiger partial charge on any atom is -0.306 e. The van der Waals surface area contributed by atoms with E-state index in [0.717, 1.165) is 17.8 Å². The lowest BCUT2D eigenvalue weighted by Crippen LogP contribution is -2.37. The lowest BCUT2D eigenvalue weighted by Gasteiger charge is -2.35. The highest BCUT2D eigenvalue weighted by Gasteiger charge is 2.24. The predicted octanol–water partition coefficient (Wildman–Crippen LogP) is 2.62. The summed E-state index contributed by atoms with van der Waals surface area (Å²) >= 11 is 0. The van der Waals surface area contributed by atoms with E-state index in [4.69, 9.17) is 0 Å². The second-order valence-electron chi connectivity index (χ2n) is 4.92. The Hall–Kier alpha value is -0.0400. The summed E-state index contributed by atoms with van der Waals surface area (Å²) in [6, 6.07) is 0. The fourth-order valence-electron chi connectivity index (χ4n) is 2.36. The first-order valence-electron chi connectivity index (χ1n) is 5.28. The third-order valence-corrected chi connectivity index (χ3v) is 3.06. The molecule has 0 radical (unpaired) electrons. The summed E-state index contributed by atoms with van der Waals surface area (Å²) < 4.78 is 0. The normalized spacial score (nSPS) is 32.8. The summed E-state index contributed by atoms with van der Waals surface area (Å²) in [5.41, 5.74) is 0. The fourth-order valence-corrected chi connectivity index (χ4v) is 2.36. The van der Waals surface area contributed by atoms with Crippen LogP contribution in [0.2, 0.25) is 0 Å². The van der Waals surface area contributed by atoms with E-state index in [1.54, 1.807) is 0 Å². The molecule has 1 fully saturated rings. The highest BCUT2D eigenvalue weighted by molar-refractivity contribution is 4.76. The van der Waals surface area contributed by atoms with Gasteiger partial charge < -0.3 is 4.90 Å². The predicted molar refractivity (Wildman–Crippen MR) is 54.2 cm³/mol. The van der Waals surface area contributed by atoms with E-state index in [2.05, 4.69) is 32.7 Å². The van der Waals surface area contributed by atoms with E-state index in [1.807, 2.05) is 0 Å². The number of likely N-dealkylation sites (tertiary alicyclic amines) is 1. The molecule has 1 nitrogen and oxygen atoms in total. The van der Waals surface area contributed by atoms with Crippen molar-refractivity contribution in [2.45, 2.75) is 33.6 Å². The van der Waals surface area contributed by atoms with Crippen molar-refractivity contribution in [3.05, 3.63) is 0 Å². The number of piperidine rings is 1. The third kappa shape index (κ3) is 2.78.